The quantitative estimate of drug-likeness (QED) is 0.226. The largest absolute Gasteiger partial charge is 0.462 e. The summed E-state index contributed by atoms with van der Waals surface area (Å²) < 4.78 is 5.40. The van der Waals surface area contributed by atoms with E-state index < -0.39 is 0 Å². The van der Waals surface area contributed by atoms with Crippen molar-refractivity contribution in [2.45, 2.75) is 26.7 Å². The van der Waals surface area contributed by atoms with E-state index in [1.54, 1.807) is 29.0 Å². The molecule has 4 heterocycles. The molecule has 0 aliphatic carbocycles. The van der Waals surface area contributed by atoms with Crippen LogP contribution in [-0.4, -0.2) is 22.5 Å². The number of carbonyl (C=O) groups excluding carboxylic acids is 1. The molecule has 1 N–H and O–H groups in total. The molecule has 0 bridgehead atoms. The number of hydrogen-bond donors (Lipinski definition) is 1. The van der Waals surface area contributed by atoms with Crippen molar-refractivity contribution in [1.29, 1.82) is 0 Å². The average molecular weight is 506 g/mol. The number of thiophene rings is 3. The summed E-state index contributed by atoms with van der Waals surface area (Å²) in [6.45, 7) is 6.52. The number of nitrogens with one attached hydrogen (secondary N) is 1. The van der Waals surface area contributed by atoms with Crippen LogP contribution in [0.25, 0.3) is 31.8 Å². The molecule has 0 amide bonds. The van der Waals surface area contributed by atoms with Gasteiger partial charge < -0.3 is 10.1 Å². The van der Waals surface area contributed by atoms with Crippen LogP contribution < -0.4 is 5.32 Å². The number of hydrogen-bond acceptors (Lipinski definition) is 8. The van der Waals surface area contributed by atoms with Crippen LogP contribution in [0.3, 0.4) is 0 Å². The van der Waals surface area contributed by atoms with Gasteiger partial charge in [-0.15, -0.1) is 34.0 Å². The summed E-state index contributed by atoms with van der Waals surface area (Å²) in [5.74, 6) is 0.820. The third kappa shape index (κ3) is 4.24. The Morgan fingerprint density at radius 2 is 1.82 bits per heavy atom. The van der Waals surface area contributed by atoms with Gasteiger partial charge in [-0.3, -0.25) is 0 Å². The van der Waals surface area contributed by atoms with Gasteiger partial charge in [-0.05, 0) is 35.4 Å². The molecule has 0 spiro atoms. The highest BCUT2D eigenvalue weighted by molar-refractivity contribution is 7.17. The molecule has 5 rings (SSSR count). The highest BCUT2D eigenvalue weighted by Crippen LogP contribution is 2.42. The Morgan fingerprint density at radius 3 is 2.53 bits per heavy atom. The van der Waals surface area contributed by atoms with E-state index in [1.807, 2.05) is 29.8 Å². The number of nitrogens with zero attached hydrogens (tertiary/aromatic N) is 2. The van der Waals surface area contributed by atoms with Gasteiger partial charge in [0.05, 0.1) is 12.0 Å². The first-order valence-electron chi connectivity index (χ1n) is 11.0. The number of benzene rings is 1. The molecule has 0 saturated heterocycles. The molecule has 0 atom stereocenters. The van der Waals surface area contributed by atoms with Gasteiger partial charge in [0.15, 0.2) is 0 Å². The summed E-state index contributed by atoms with van der Waals surface area (Å²) in [7, 11) is 0. The number of esters is 1. The van der Waals surface area contributed by atoms with Crippen LogP contribution in [0.15, 0.2) is 58.9 Å². The van der Waals surface area contributed by atoms with Gasteiger partial charge in [-0.1, -0.05) is 44.2 Å². The third-order valence-corrected chi connectivity index (χ3v) is 8.23. The van der Waals surface area contributed by atoms with Gasteiger partial charge >= 0.3 is 5.97 Å². The van der Waals surface area contributed by atoms with Crippen LogP contribution in [0.5, 0.6) is 0 Å². The minimum atomic E-state index is -0.338. The summed E-state index contributed by atoms with van der Waals surface area (Å²) in [6.07, 6.45) is 1.56. The van der Waals surface area contributed by atoms with Gasteiger partial charge in [0.25, 0.3) is 0 Å². The Morgan fingerprint density at radius 1 is 1.03 bits per heavy atom. The van der Waals surface area contributed by atoms with E-state index in [2.05, 4.69) is 58.8 Å². The van der Waals surface area contributed by atoms with Crippen molar-refractivity contribution >= 4 is 61.0 Å². The van der Waals surface area contributed by atoms with E-state index >= 15 is 0 Å². The normalized spacial score (nSPS) is 11.3. The molecule has 0 unspecified atom stereocenters. The van der Waals surface area contributed by atoms with Crippen molar-refractivity contribution in [3.8, 4) is 21.6 Å². The standard InChI is InChI=1S/C26H23N3O2S3/c1-4-31-26(30)22-19(20-6-5-11-32-20)13-34-25(22)29-23-21-18(12-33-24(21)28-14-27-23)17-9-7-16(8-10-17)15(2)3/h5-15H,4H2,1-3H3,(H,27,28,29). The maximum absolute atomic E-state index is 12.9. The van der Waals surface area contributed by atoms with E-state index in [1.165, 1.54) is 16.9 Å². The fraction of sp³-hybridized carbons (Fsp3) is 0.192. The molecule has 172 valence electrons. The molecule has 5 aromatic rings. The molecule has 0 radical (unpaired) electrons. The number of ether oxygens (including phenoxy) is 1. The minimum absolute atomic E-state index is 0.316. The Balaban J connectivity index is 1.59. The van der Waals surface area contributed by atoms with Crippen molar-refractivity contribution in [2.75, 3.05) is 11.9 Å². The molecule has 8 heteroatoms. The minimum Gasteiger partial charge on any atom is -0.462 e. The predicted molar refractivity (Wildman–Crippen MR) is 144 cm³/mol. The predicted octanol–water partition coefficient (Wildman–Crippen LogP) is 8.19. The van der Waals surface area contributed by atoms with Crippen molar-refractivity contribution in [3.63, 3.8) is 0 Å². The van der Waals surface area contributed by atoms with Crippen LogP contribution in [0.4, 0.5) is 10.8 Å². The Labute approximate surface area is 210 Å². The van der Waals surface area contributed by atoms with Crippen molar-refractivity contribution in [2.24, 2.45) is 0 Å². The first kappa shape index (κ1) is 22.7. The van der Waals surface area contributed by atoms with Crippen LogP contribution in [0.1, 0.15) is 42.6 Å². The summed E-state index contributed by atoms with van der Waals surface area (Å²) >= 11 is 4.67. The van der Waals surface area contributed by atoms with Gasteiger partial charge in [0.1, 0.15) is 27.5 Å². The smallest absolute Gasteiger partial charge is 0.341 e. The van der Waals surface area contributed by atoms with Crippen molar-refractivity contribution in [1.82, 2.24) is 9.97 Å². The van der Waals surface area contributed by atoms with Gasteiger partial charge in [-0.25, -0.2) is 14.8 Å². The van der Waals surface area contributed by atoms with Crippen LogP contribution in [0, 0.1) is 0 Å². The molecular formula is C26H23N3O2S3. The summed E-state index contributed by atoms with van der Waals surface area (Å²) in [6, 6.07) is 12.6. The average Bonchev–Trinajstić information content (AvgIpc) is 3.59. The Hall–Kier alpha value is -3.07. The number of fused-ring (bicyclic) bond motifs is 1. The zero-order chi connectivity index (χ0) is 23.7. The third-order valence-electron chi connectivity index (χ3n) is 5.55. The van der Waals surface area contributed by atoms with Crippen molar-refractivity contribution in [3.05, 3.63) is 70.0 Å². The van der Waals surface area contributed by atoms with E-state index in [4.69, 9.17) is 4.74 Å². The van der Waals surface area contributed by atoms with E-state index in [0.29, 0.717) is 28.9 Å². The molecule has 5 nitrogen and oxygen atoms in total. The topological polar surface area (TPSA) is 64.1 Å². The van der Waals surface area contributed by atoms with E-state index in [0.717, 1.165) is 31.8 Å². The highest BCUT2D eigenvalue weighted by atomic mass is 32.1. The molecule has 0 aliphatic rings. The zero-order valence-corrected chi connectivity index (χ0v) is 21.4. The molecular weight excluding hydrogens is 483 g/mol. The first-order valence-corrected chi connectivity index (χ1v) is 13.6. The molecule has 0 fully saturated rings. The summed E-state index contributed by atoms with van der Waals surface area (Å²) in [4.78, 5) is 23.9. The molecule has 0 aliphatic heterocycles. The molecule has 34 heavy (non-hydrogen) atoms. The number of rotatable bonds is 7. The lowest BCUT2D eigenvalue weighted by Gasteiger charge is -2.11. The Kier molecular flexibility index (Phi) is 6.45. The van der Waals surface area contributed by atoms with Crippen LogP contribution >= 0.6 is 34.0 Å². The monoisotopic (exact) mass is 505 g/mol. The lowest BCUT2D eigenvalue weighted by atomic mass is 9.99. The molecule has 0 saturated carbocycles. The highest BCUT2D eigenvalue weighted by Gasteiger charge is 2.23. The molecule has 4 aromatic heterocycles. The van der Waals surface area contributed by atoms with E-state index in [-0.39, 0.29) is 5.97 Å². The van der Waals surface area contributed by atoms with Crippen LogP contribution in [0.2, 0.25) is 0 Å². The summed E-state index contributed by atoms with van der Waals surface area (Å²) in [5.41, 5.74) is 4.91. The molecule has 1 aromatic carbocycles. The fourth-order valence-electron chi connectivity index (χ4n) is 3.81. The SMILES string of the molecule is CCOC(=O)c1c(-c2cccs2)csc1Nc1ncnc2scc(-c3ccc(C(C)C)cc3)c12. The number of anilines is 2. The zero-order valence-electron chi connectivity index (χ0n) is 19.0. The second-order valence-electron chi connectivity index (χ2n) is 8.00. The lowest BCUT2D eigenvalue weighted by Crippen LogP contribution is -2.07. The van der Waals surface area contributed by atoms with E-state index in [9.17, 15) is 4.79 Å². The van der Waals surface area contributed by atoms with Gasteiger partial charge in [0.2, 0.25) is 0 Å². The van der Waals surface area contributed by atoms with Gasteiger partial charge in [0, 0.05) is 26.8 Å². The van der Waals surface area contributed by atoms with Gasteiger partial charge in [-0.2, -0.15) is 0 Å². The second-order valence-corrected chi connectivity index (χ2v) is 10.7. The first-order chi connectivity index (χ1) is 16.6. The lowest BCUT2D eigenvalue weighted by molar-refractivity contribution is 0.0529. The van der Waals surface area contributed by atoms with Crippen molar-refractivity contribution < 1.29 is 9.53 Å². The maximum Gasteiger partial charge on any atom is 0.341 e. The number of carbonyl (C=O) groups is 1. The number of aromatic nitrogens is 2. The summed E-state index contributed by atoms with van der Waals surface area (Å²) in [5, 5.41) is 11.2. The maximum atomic E-state index is 12.9. The Bertz CT molecular complexity index is 1430. The fourth-order valence-corrected chi connectivity index (χ4v) is 6.49. The second kappa shape index (κ2) is 9.66. The van der Waals surface area contributed by atoms with Crippen LogP contribution in [-0.2, 0) is 4.74 Å².